The molecule has 7 heteroatoms. The first kappa shape index (κ1) is 12.7. The summed E-state index contributed by atoms with van der Waals surface area (Å²) in [4.78, 5) is 28.6. The molecule has 0 fully saturated rings. The molecule has 1 amide bonds. The molecule has 6 nitrogen and oxygen atoms in total. The van der Waals surface area contributed by atoms with E-state index >= 15 is 0 Å². The summed E-state index contributed by atoms with van der Waals surface area (Å²) in [5, 5.41) is 11.1. The van der Waals surface area contributed by atoms with Gasteiger partial charge in [-0.3, -0.25) is 4.79 Å². The van der Waals surface area contributed by atoms with Crippen LogP contribution in [0.15, 0.2) is 24.5 Å². The fourth-order valence-corrected chi connectivity index (χ4v) is 1.53. The average molecular weight is 263 g/mol. The van der Waals surface area contributed by atoms with Gasteiger partial charge in [-0.15, -0.1) is 0 Å². The van der Waals surface area contributed by atoms with Gasteiger partial charge in [0.2, 0.25) is 0 Å². The molecule has 2 aromatic rings. The molecule has 0 radical (unpaired) electrons. The lowest BCUT2D eigenvalue weighted by Gasteiger charge is -2.06. The van der Waals surface area contributed by atoms with Crippen molar-refractivity contribution in [1.82, 2.24) is 9.97 Å². The minimum atomic E-state index is -1.31. The number of amides is 1. The molecule has 0 saturated heterocycles. The molecular formula is C12H10FN3O3. The highest BCUT2D eigenvalue weighted by Crippen LogP contribution is 2.16. The summed E-state index contributed by atoms with van der Waals surface area (Å²) in [5.74, 6) is -2.70. The summed E-state index contributed by atoms with van der Waals surface area (Å²) in [5.41, 5.74) is 0.0360. The summed E-state index contributed by atoms with van der Waals surface area (Å²) < 4.78 is 13.6. The summed E-state index contributed by atoms with van der Waals surface area (Å²) in [7, 11) is 0. The normalized spacial score (nSPS) is 10.2. The van der Waals surface area contributed by atoms with Crippen LogP contribution in [0.4, 0.5) is 10.1 Å². The Balaban J connectivity index is 2.26. The first-order valence-electron chi connectivity index (χ1n) is 5.33. The monoisotopic (exact) mass is 263 g/mol. The Kier molecular flexibility index (Phi) is 3.28. The number of aromatic nitrogens is 2. The number of H-pyrrole nitrogens is 1. The Morgan fingerprint density at radius 3 is 2.79 bits per heavy atom. The van der Waals surface area contributed by atoms with Crippen LogP contribution in [0.5, 0.6) is 0 Å². The van der Waals surface area contributed by atoms with Gasteiger partial charge in [0.15, 0.2) is 11.4 Å². The van der Waals surface area contributed by atoms with Gasteiger partial charge in [-0.1, -0.05) is 6.07 Å². The summed E-state index contributed by atoms with van der Waals surface area (Å²) in [6, 6.07) is 4.29. The lowest BCUT2D eigenvalue weighted by molar-refractivity contribution is 0.0686. The zero-order chi connectivity index (χ0) is 14.0. The molecule has 1 aromatic carbocycles. The van der Waals surface area contributed by atoms with Crippen molar-refractivity contribution in [1.29, 1.82) is 0 Å². The van der Waals surface area contributed by atoms with E-state index in [0.29, 0.717) is 5.56 Å². The van der Waals surface area contributed by atoms with Crippen molar-refractivity contribution in [3.05, 3.63) is 47.3 Å². The molecule has 3 N–H and O–H groups in total. The number of imidazole rings is 1. The van der Waals surface area contributed by atoms with Crippen LogP contribution in [0, 0.1) is 12.7 Å². The number of carboxylic acid groups (broad SMARTS) is 1. The number of aryl methyl sites for hydroxylation is 1. The third-order valence-corrected chi connectivity index (χ3v) is 2.44. The molecule has 0 spiro atoms. The van der Waals surface area contributed by atoms with Crippen LogP contribution in [0.2, 0.25) is 0 Å². The molecule has 2 rings (SSSR count). The second-order valence-corrected chi connectivity index (χ2v) is 3.87. The Morgan fingerprint density at radius 1 is 1.42 bits per heavy atom. The molecule has 19 heavy (non-hydrogen) atoms. The average Bonchev–Trinajstić information content (AvgIpc) is 2.82. The fourth-order valence-electron chi connectivity index (χ4n) is 1.53. The van der Waals surface area contributed by atoms with E-state index in [9.17, 15) is 14.0 Å². The minimum absolute atomic E-state index is 0.0325. The minimum Gasteiger partial charge on any atom is -0.477 e. The molecule has 0 aliphatic heterocycles. The lowest BCUT2D eigenvalue weighted by Crippen LogP contribution is -2.17. The maximum absolute atomic E-state index is 13.6. The largest absolute Gasteiger partial charge is 0.477 e. The van der Waals surface area contributed by atoms with Gasteiger partial charge < -0.3 is 15.4 Å². The van der Waals surface area contributed by atoms with Gasteiger partial charge in [0.25, 0.3) is 5.91 Å². The maximum Gasteiger partial charge on any atom is 0.354 e. The van der Waals surface area contributed by atoms with E-state index in [2.05, 4.69) is 15.3 Å². The van der Waals surface area contributed by atoms with Crippen LogP contribution in [0.3, 0.4) is 0 Å². The van der Waals surface area contributed by atoms with Crippen molar-refractivity contribution in [2.45, 2.75) is 6.92 Å². The summed E-state index contributed by atoms with van der Waals surface area (Å²) in [6.07, 6.45) is 1.09. The smallest absolute Gasteiger partial charge is 0.354 e. The second-order valence-electron chi connectivity index (χ2n) is 3.87. The molecule has 1 heterocycles. The molecule has 0 bridgehead atoms. The Bertz CT molecular complexity index is 651. The van der Waals surface area contributed by atoms with Gasteiger partial charge in [0.1, 0.15) is 5.82 Å². The number of rotatable bonds is 3. The van der Waals surface area contributed by atoms with Crippen molar-refractivity contribution < 1.29 is 19.1 Å². The van der Waals surface area contributed by atoms with Crippen molar-refractivity contribution in [3.63, 3.8) is 0 Å². The summed E-state index contributed by atoms with van der Waals surface area (Å²) >= 11 is 0. The highest BCUT2D eigenvalue weighted by molar-refractivity contribution is 6.08. The van der Waals surface area contributed by atoms with Crippen LogP contribution in [0.1, 0.15) is 26.5 Å². The van der Waals surface area contributed by atoms with Crippen molar-refractivity contribution in [2.75, 3.05) is 5.32 Å². The Hall–Kier alpha value is -2.70. The summed E-state index contributed by atoms with van der Waals surface area (Å²) in [6.45, 7) is 1.71. The molecule has 0 aliphatic rings. The third kappa shape index (κ3) is 2.59. The zero-order valence-electron chi connectivity index (χ0n) is 9.90. The number of nitrogens with zero attached hydrogens (tertiary/aromatic N) is 1. The molecule has 0 unspecified atom stereocenters. The number of aromatic carboxylic acids is 1. The van der Waals surface area contributed by atoms with Crippen molar-refractivity contribution in [3.8, 4) is 0 Å². The predicted molar refractivity (Wildman–Crippen MR) is 64.6 cm³/mol. The zero-order valence-corrected chi connectivity index (χ0v) is 9.90. The maximum atomic E-state index is 13.6. The van der Waals surface area contributed by atoms with Crippen molar-refractivity contribution >= 4 is 17.6 Å². The Labute approximate surface area is 107 Å². The van der Waals surface area contributed by atoms with E-state index < -0.39 is 17.7 Å². The van der Waals surface area contributed by atoms with Gasteiger partial charge >= 0.3 is 5.97 Å². The number of nitrogens with one attached hydrogen (secondary N) is 2. The number of aromatic amines is 1. The van der Waals surface area contributed by atoms with Crippen LogP contribution >= 0.6 is 0 Å². The highest BCUT2D eigenvalue weighted by Gasteiger charge is 2.20. The number of hydrogen-bond acceptors (Lipinski definition) is 3. The van der Waals surface area contributed by atoms with E-state index in [-0.39, 0.29) is 17.1 Å². The van der Waals surface area contributed by atoms with Gasteiger partial charge in [0.05, 0.1) is 12.0 Å². The van der Waals surface area contributed by atoms with E-state index in [1.165, 1.54) is 12.1 Å². The molecule has 0 saturated carbocycles. The highest BCUT2D eigenvalue weighted by atomic mass is 19.1. The standard InChI is InChI=1S/C12H10FN3O3/c1-6-2-3-8(7(13)4-6)16-11(17)9-10(12(18)19)15-5-14-9/h2-5H,1H3,(H,14,15)(H,16,17)(H,18,19). The van der Waals surface area contributed by atoms with Gasteiger partial charge in [-0.05, 0) is 24.6 Å². The number of anilines is 1. The lowest BCUT2D eigenvalue weighted by atomic mass is 10.2. The van der Waals surface area contributed by atoms with E-state index in [0.717, 1.165) is 6.33 Å². The van der Waals surface area contributed by atoms with Crippen LogP contribution < -0.4 is 5.32 Å². The number of halogens is 1. The SMILES string of the molecule is Cc1ccc(NC(=O)c2nc[nH]c2C(=O)O)c(F)c1. The number of carbonyl (C=O) groups is 2. The van der Waals surface area contributed by atoms with Crippen molar-refractivity contribution in [2.24, 2.45) is 0 Å². The van der Waals surface area contributed by atoms with Crippen LogP contribution in [-0.2, 0) is 0 Å². The molecule has 98 valence electrons. The van der Waals surface area contributed by atoms with Crippen LogP contribution in [-0.4, -0.2) is 27.0 Å². The second kappa shape index (κ2) is 4.89. The van der Waals surface area contributed by atoms with Crippen LogP contribution in [0.25, 0.3) is 0 Å². The first-order valence-corrected chi connectivity index (χ1v) is 5.33. The van der Waals surface area contributed by atoms with E-state index in [4.69, 9.17) is 5.11 Å². The molecular weight excluding hydrogens is 253 g/mol. The van der Waals surface area contributed by atoms with Gasteiger partial charge in [-0.25, -0.2) is 14.2 Å². The van der Waals surface area contributed by atoms with Gasteiger partial charge in [-0.2, -0.15) is 0 Å². The topological polar surface area (TPSA) is 95.1 Å². The van der Waals surface area contributed by atoms with E-state index in [1.54, 1.807) is 13.0 Å². The molecule has 0 atom stereocenters. The number of carboxylic acids is 1. The Morgan fingerprint density at radius 2 is 2.16 bits per heavy atom. The van der Waals surface area contributed by atoms with Gasteiger partial charge in [0, 0.05) is 0 Å². The number of benzene rings is 1. The third-order valence-electron chi connectivity index (χ3n) is 2.44. The molecule has 1 aromatic heterocycles. The van der Waals surface area contributed by atoms with E-state index in [1.807, 2.05) is 0 Å². The fraction of sp³-hybridized carbons (Fsp3) is 0.0833. The number of hydrogen-bond donors (Lipinski definition) is 3. The predicted octanol–water partition coefficient (Wildman–Crippen LogP) is 1.81. The quantitative estimate of drug-likeness (QED) is 0.787. The first-order chi connectivity index (χ1) is 8.99. The number of carbonyl (C=O) groups excluding carboxylic acids is 1. The molecule has 0 aliphatic carbocycles.